The zero-order valence-corrected chi connectivity index (χ0v) is 23.1. The number of carbonyl (C=O) groups is 2. The summed E-state index contributed by atoms with van der Waals surface area (Å²) in [6, 6.07) is 9.17. The van der Waals surface area contributed by atoms with Crippen molar-refractivity contribution in [2.45, 2.75) is 40.0 Å². The highest BCUT2D eigenvalue weighted by molar-refractivity contribution is 6.14. The van der Waals surface area contributed by atoms with Crippen LogP contribution in [-0.4, -0.2) is 48.5 Å². The van der Waals surface area contributed by atoms with Crippen molar-refractivity contribution < 1.29 is 24.5 Å². The van der Waals surface area contributed by atoms with Crippen LogP contribution in [0.5, 0.6) is 0 Å². The number of hydrogen-bond donors (Lipinski definition) is 3. The van der Waals surface area contributed by atoms with E-state index < -0.39 is 5.92 Å². The lowest BCUT2D eigenvalue weighted by Gasteiger charge is -2.14. The Morgan fingerprint density at radius 1 is 0.806 bits per heavy atom. The van der Waals surface area contributed by atoms with E-state index in [1.807, 2.05) is 39.0 Å². The van der Waals surface area contributed by atoms with Crippen molar-refractivity contribution in [3.8, 4) is 0 Å². The number of nitrogens with zero attached hydrogens (tertiary/aromatic N) is 1. The summed E-state index contributed by atoms with van der Waals surface area (Å²) in [6.45, 7) is 37.5. The summed E-state index contributed by atoms with van der Waals surface area (Å²) in [4.78, 5) is 23.8. The highest BCUT2D eigenvalue weighted by atomic mass is 16.5. The van der Waals surface area contributed by atoms with Gasteiger partial charge in [0.15, 0.2) is 0 Å². The molecule has 2 rings (SSSR count). The number of hydrazine groups is 1. The Kier molecular flexibility index (Phi) is 58.0. The van der Waals surface area contributed by atoms with E-state index in [0.29, 0.717) is 12.1 Å². The Labute approximate surface area is 221 Å². The standard InChI is InChI=1S/C13H16N2O2.C4H10O.C2H6O2.5C2H4/c1-2-3-9-11-12(16)14-15(13(11)17)10-7-5-4-6-8-10;1-3-5-4-2;3-1-2-4;5*1-2/h4-8,11H,2-3,9H2,1H3,(H,14,16);3-4H2,1-2H3;3-4H,1-2H2;5*1-2H2. The van der Waals surface area contributed by atoms with E-state index >= 15 is 0 Å². The SMILES string of the molecule is C=C.C=C.C=C.C=C.C=C.CCCCC1C(=O)NN(c2ccccc2)C1=O.CCOCC.OCCO. The molecule has 1 aliphatic heterocycles. The van der Waals surface area contributed by atoms with Crippen LogP contribution in [0, 0.1) is 5.92 Å². The van der Waals surface area contributed by atoms with Crippen LogP contribution in [0.3, 0.4) is 0 Å². The van der Waals surface area contributed by atoms with Gasteiger partial charge in [0.25, 0.3) is 11.8 Å². The van der Waals surface area contributed by atoms with E-state index in [-0.39, 0.29) is 25.0 Å². The minimum absolute atomic E-state index is 0.125. The maximum atomic E-state index is 12.1. The van der Waals surface area contributed by atoms with Crippen LogP contribution in [0.1, 0.15) is 40.0 Å². The number of hydrogen-bond acceptors (Lipinski definition) is 5. The van der Waals surface area contributed by atoms with Crippen LogP contribution in [0.25, 0.3) is 0 Å². The van der Waals surface area contributed by atoms with Crippen LogP contribution >= 0.6 is 0 Å². The summed E-state index contributed by atoms with van der Waals surface area (Å²) >= 11 is 0. The Balaban J connectivity index is -0.0000000988. The molecule has 0 bridgehead atoms. The van der Waals surface area contributed by atoms with Gasteiger partial charge in [-0.25, -0.2) is 5.01 Å². The fourth-order valence-electron chi connectivity index (χ4n) is 2.15. The molecular formula is C29H52N2O5. The fraction of sp³-hybridized carbons (Fsp3) is 0.379. The number of aliphatic hydroxyl groups excluding tert-OH is 2. The van der Waals surface area contributed by atoms with Crippen molar-refractivity contribution in [2.24, 2.45) is 5.92 Å². The molecule has 1 heterocycles. The molecule has 1 aliphatic rings. The number of unbranched alkanes of at least 4 members (excludes halogenated alkanes) is 1. The quantitative estimate of drug-likeness (QED) is 0.315. The number of ether oxygens (including phenoxy) is 1. The predicted molar refractivity (Wildman–Crippen MR) is 158 cm³/mol. The molecule has 0 spiro atoms. The van der Waals surface area contributed by atoms with Gasteiger partial charge in [0, 0.05) is 13.2 Å². The molecule has 3 N–H and O–H groups in total. The van der Waals surface area contributed by atoms with E-state index in [2.05, 4.69) is 71.2 Å². The first kappa shape index (κ1) is 46.1. The van der Waals surface area contributed by atoms with Crippen LogP contribution in [-0.2, 0) is 14.3 Å². The molecule has 1 atom stereocenters. The fourth-order valence-corrected chi connectivity index (χ4v) is 2.15. The van der Waals surface area contributed by atoms with Gasteiger partial charge in [-0.15, -0.1) is 65.8 Å². The molecule has 36 heavy (non-hydrogen) atoms. The number of aliphatic hydroxyl groups is 2. The van der Waals surface area contributed by atoms with Crippen molar-refractivity contribution in [3.63, 3.8) is 0 Å². The molecule has 2 amide bonds. The highest BCUT2D eigenvalue weighted by Gasteiger charge is 2.39. The van der Waals surface area contributed by atoms with Gasteiger partial charge >= 0.3 is 0 Å². The maximum Gasteiger partial charge on any atom is 0.258 e. The second-order valence-electron chi connectivity index (χ2n) is 5.41. The summed E-state index contributed by atoms with van der Waals surface area (Å²) in [6.07, 6.45) is 2.51. The van der Waals surface area contributed by atoms with Gasteiger partial charge in [0.05, 0.1) is 18.9 Å². The largest absolute Gasteiger partial charge is 0.394 e. The Morgan fingerprint density at radius 2 is 1.22 bits per heavy atom. The van der Waals surface area contributed by atoms with Gasteiger partial charge in [0.1, 0.15) is 5.92 Å². The first-order valence-corrected chi connectivity index (χ1v) is 11.6. The lowest BCUT2D eigenvalue weighted by Crippen LogP contribution is -2.35. The van der Waals surface area contributed by atoms with Gasteiger partial charge in [-0.3, -0.25) is 15.0 Å². The van der Waals surface area contributed by atoms with Gasteiger partial charge < -0.3 is 14.9 Å². The molecule has 0 radical (unpaired) electrons. The first-order chi connectivity index (χ1) is 17.6. The minimum Gasteiger partial charge on any atom is -0.394 e. The van der Waals surface area contributed by atoms with Crippen LogP contribution in [0.15, 0.2) is 96.1 Å². The number of amides is 2. The average Bonchev–Trinajstić information content (AvgIpc) is 3.27. The average molecular weight is 509 g/mol. The van der Waals surface area contributed by atoms with Crippen molar-refractivity contribution in [2.75, 3.05) is 31.4 Å². The van der Waals surface area contributed by atoms with Gasteiger partial charge in [-0.1, -0.05) is 38.0 Å². The Bertz CT molecular complexity index is 554. The maximum absolute atomic E-state index is 12.1. The molecule has 0 aromatic heterocycles. The monoisotopic (exact) mass is 508 g/mol. The molecule has 7 heteroatoms. The van der Waals surface area contributed by atoms with Crippen LogP contribution < -0.4 is 10.4 Å². The highest BCUT2D eigenvalue weighted by Crippen LogP contribution is 2.22. The number of nitrogens with one attached hydrogen (secondary N) is 1. The summed E-state index contributed by atoms with van der Waals surface area (Å²) in [5.74, 6) is -0.850. The zero-order valence-electron chi connectivity index (χ0n) is 23.1. The molecule has 0 aliphatic carbocycles. The lowest BCUT2D eigenvalue weighted by molar-refractivity contribution is -0.127. The van der Waals surface area contributed by atoms with Crippen LogP contribution in [0.4, 0.5) is 5.69 Å². The molecule has 1 fully saturated rings. The minimum atomic E-state index is -0.518. The number of carbonyl (C=O) groups excluding carboxylic acids is 2. The van der Waals surface area contributed by atoms with Crippen molar-refractivity contribution in [3.05, 3.63) is 96.1 Å². The molecule has 208 valence electrons. The summed E-state index contributed by atoms with van der Waals surface area (Å²) in [5, 5.41) is 16.6. The topological polar surface area (TPSA) is 99.1 Å². The summed E-state index contributed by atoms with van der Waals surface area (Å²) in [5.41, 5.74) is 3.34. The van der Waals surface area contributed by atoms with E-state index in [4.69, 9.17) is 14.9 Å². The molecule has 1 saturated heterocycles. The van der Waals surface area contributed by atoms with Gasteiger partial charge in [0.2, 0.25) is 0 Å². The number of rotatable bonds is 7. The normalized spacial score (nSPS) is 11.8. The third-order valence-corrected chi connectivity index (χ3v) is 3.43. The van der Waals surface area contributed by atoms with Gasteiger partial charge in [-0.05, 0) is 32.4 Å². The number of anilines is 1. The first-order valence-electron chi connectivity index (χ1n) is 11.6. The van der Waals surface area contributed by atoms with Crippen molar-refractivity contribution in [1.82, 2.24) is 5.43 Å². The molecule has 0 saturated carbocycles. The van der Waals surface area contributed by atoms with E-state index in [0.717, 1.165) is 26.1 Å². The molecule has 1 aromatic carbocycles. The second kappa shape index (κ2) is 45.3. The van der Waals surface area contributed by atoms with Crippen molar-refractivity contribution in [1.29, 1.82) is 0 Å². The van der Waals surface area contributed by atoms with Gasteiger partial charge in [-0.2, -0.15) is 0 Å². The predicted octanol–water partition coefficient (Wildman–Crippen LogP) is 5.90. The summed E-state index contributed by atoms with van der Waals surface area (Å²) < 4.78 is 4.83. The zero-order chi connectivity index (χ0) is 29.8. The number of benzene rings is 1. The molecule has 7 nitrogen and oxygen atoms in total. The Hall–Kier alpha value is -3.26. The smallest absolute Gasteiger partial charge is 0.258 e. The Morgan fingerprint density at radius 3 is 1.53 bits per heavy atom. The number of para-hydroxylation sites is 1. The molecule has 1 aromatic rings. The van der Waals surface area contributed by atoms with E-state index in [1.54, 1.807) is 12.1 Å². The van der Waals surface area contributed by atoms with E-state index in [9.17, 15) is 9.59 Å². The van der Waals surface area contributed by atoms with E-state index in [1.165, 1.54) is 5.01 Å². The molecule has 1 unspecified atom stereocenters. The third-order valence-electron chi connectivity index (χ3n) is 3.43. The molecular weight excluding hydrogens is 456 g/mol. The second-order valence-corrected chi connectivity index (χ2v) is 5.41. The summed E-state index contributed by atoms with van der Waals surface area (Å²) in [7, 11) is 0. The van der Waals surface area contributed by atoms with Crippen LogP contribution in [0.2, 0.25) is 0 Å². The lowest BCUT2D eigenvalue weighted by atomic mass is 10.0. The van der Waals surface area contributed by atoms with Crippen molar-refractivity contribution >= 4 is 17.5 Å². The third kappa shape index (κ3) is 27.0.